The number of carbonyl (C=O) groups is 3. The van der Waals surface area contributed by atoms with Gasteiger partial charge >= 0.3 is 17.6 Å². The van der Waals surface area contributed by atoms with Gasteiger partial charge in [-0.2, -0.15) is 0 Å². The number of nitrogens with zero attached hydrogens (tertiary/aromatic N) is 2. The number of esters is 2. The normalized spacial score (nSPS) is 10.4. The molecule has 0 bridgehead atoms. The largest absolute Gasteiger partial charge is 0.490 e. The highest BCUT2D eigenvalue weighted by atomic mass is 16.6. The molecule has 0 radical (unpaired) electrons. The van der Waals surface area contributed by atoms with Gasteiger partial charge in [0.1, 0.15) is 0 Å². The number of hydrogen-bond acceptors (Lipinski definition) is 8. The summed E-state index contributed by atoms with van der Waals surface area (Å²) in [6.07, 6.45) is 0.158. The Morgan fingerprint density at radius 2 is 1.83 bits per heavy atom. The van der Waals surface area contributed by atoms with Crippen LogP contribution >= 0.6 is 0 Å². The number of methoxy groups -OCH3 is 2. The Balaban J connectivity index is 2.09. The van der Waals surface area contributed by atoms with E-state index in [4.69, 9.17) is 9.47 Å². The zero-order valence-electron chi connectivity index (χ0n) is 17.1. The minimum atomic E-state index is -0.867. The summed E-state index contributed by atoms with van der Waals surface area (Å²) >= 11 is 0. The van der Waals surface area contributed by atoms with Crippen molar-refractivity contribution in [2.24, 2.45) is 0 Å². The van der Waals surface area contributed by atoms with E-state index in [1.807, 2.05) is 0 Å². The maximum absolute atomic E-state index is 12.5. The van der Waals surface area contributed by atoms with Crippen molar-refractivity contribution >= 4 is 23.4 Å². The van der Waals surface area contributed by atoms with Crippen LogP contribution in [0.2, 0.25) is 0 Å². The Bertz CT molecular complexity index is 993. The average molecular weight is 418 g/mol. The number of ether oxygens (including phenoxy) is 3. The molecule has 10 heteroatoms. The lowest BCUT2D eigenvalue weighted by atomic mass is 10.1. The monoisotopic (exact) mass is 418 g/mol. The van der Waals surface area contributed by atoms with Crippen LogP contribution in [-0.2, 0) is 20.8 Å². The number of ketones is 1. The lowest BCUT2D eigenvalue weighted by Crippen LogP contribution is -2.15. The van der Waals surface area contributed by atoms with Gasteiger partial charge < -0.3 is 18.8 Å². The molecule has 0 aliphatic heterocycles. The predicted octanol–water partition coefficient (Wildman–Crippen LogP) is 2.62. The number of nitro benzene ring substituents is 1. The standard InChI is InChI=1S/C20H22N2O8/c1-12-9-15(13(2)21(12)8-7-19(24)29-4)17(23)11-30-20(25)14-5-6-18(28-3)16(10-14)22(26)27/h5-6,9-10H,7-8,11H2,1-4H3. The number of benzene rings is 1. The van der Waals surface area contributed by atoms with Crippen molar-refractivity contribution in [1.82, 2.24) is 4.57 Å². The summed E-state index contributed by atoms with van der Waals surface area (Å²) in [6, 6.07) is 5.29. The van der Waals surface area contributed by atoms with Gasteiger partial charge in [0.15, 0.2) is 12.4 Å². The zero-order valence-corrected chi connectivity index (χ0v) is 17.1. The van der Waals surface area contributed by atoms with Crippen molar-refractivity contribution in [1.29, 1.82) is 0 Å². The molecule has 0 aliphatic carbocycles. The minimum Gasteiger partial charge on any atom is -0.490 e. The molecule has 0 atom stereocenters. The molecule has 30 heavy (non-hydrogen) atoms. The molecule has 0 saturated heterocycles. The van der Waals surface area contributed by atoms with Gasteiger partial charge in [0, 0.05) is 29.6 Å². The van der Waals surface area contributed by atoms with Gasteiger partial charge in [0.05, 0.1) is 31.1 Å². The van der Waals surface area contributed by atoms with E-state index < -0.39 is 23.3 Å². The molecule has 1 heterocycles. The second kappa shape index (κ2) is 9.68. The van der Waals surface area contributed by atoms with E-state index in [9.17, 15) is 24.5 Å². The third-order valence-electron chi connectivity index (χ3n) is 4.59. The Morgan fingerprint density at radius 1 is 1.13 bits per heavy atom. The third-order valence-corrected chi connectivity index (χ3v) is 4.59. The number of aryl methyl sites for hydroxylation is 1. The summed E-state index contributed by atoms with van der Waals surface area (Å²) in [7, 11) is 2.58. The van der Waals surface area contributed by atoms with Gasteiger partial charge in [-0.25, -0.2) is 4.79 Å². The highest BCUT2D eigenvalue weighted by molar-refractivity contribution is 6.00. The molecule has 0 N–H and O–H groups in total. The first-order valence-corrected chi connectivity index (χ1v) is 8.95. The second-order valence-corrected chi connectivity index (χ2v) is 6.41. The molecule has 0 spiro atoms. The first kappa shape index (κ1) is 22.6. The van der Waals surface area contributed by atoms with E-state index in [1.165, 1.54) is 26.4 Å². The Hall–Kier alpha value is -3.69. The molecule has 0 amide bonds. The number of Topliss-reactive ketones (excluding diaryl/α,β-unsaturated/α-hetero) is 1. The topological polar surface area (TPSA) is 127 Å². The van der Waals surface area contributed by atoms with Crippen molar-refractivity contribution in [3.05, 3.63) is 56.9 Å². The van der Waals surface area contributed by atoms with E-state index in [1.54, 1.807) is 24.5 Å². The molecular formula is C20H22N2O8. The van der Waals surface area contributed by atoms with Crippen LogP contribution in [0.5, 0.6) is 5.75 Å². The Kier molecular flexibility index (Phi) is 7.29. The zero-order chi connectivity index (χ0) is 22.4. The van der Waals surface area contributed by atoms with Crippen LogP contribution in [0.1, 0.15) is 38.5 Å². The van der Waals surface area contributed by atoms with Gasteiger partial charge in [-0.15, -0.1) is 0 Å². The van der Waals surface area contributed by atoms with Crippen molar-refractivity contribution in [2.75, 3.05) is 20.8 Å². The molecule has 160 valence electrons. The molecular weight excluding hydrogens is 396 g/mol. The first-order chi connectivity index (χ1) is 14.2. The fourth-order valence-electron chi connectivity index (χ4n) is 2.98. The lowest BCUT2D eigenvalue weighted by molar-refractivity contribution is -0.385. The van der Waals surface area contributed by atoms with Crippen molar-refractivity contribution in [3.8, 4) is 5.75 Å². The first-order valence-electron chi connectivity index (χ1n) is 8.95. The van der Waals surface area contributed by atoms with E-state index >= 15 is 0 Å². The number of nitro groups is 1. The smallest absolute Gasteiger partial charge is 0.338 e. The number of aromatic nitrogens is 1. The average Bonchev–Trinajstić information content (AvgIpc) is 3.02. The van der Waals surface area contributed by atoms with Crippen LogP contribution in [0, 0.1) is 24.0 Å². The Morgan fingerprint density at radius 3 is 2.43 bits per heavy atom. The third kappa shape index (κ3) is 5.02. The molecule has 0 fully saturated rings. The fourth-order valence-corrected chi connectivity index (χ4v) is 2.98. The molecule has 2 aromatic rings. The molecule has 2 rings (SSSR count). The van der Waals surface area contributed by atoms with Gasteiger partial charge in [-0.05, 0) is 32.0 Å². The van der Waals surface area contributed by atoms with Crippen molar-refractivity contribution < 1.29 is 33.5 Å². The maximum atomic E-state index is 12.5. The predicted molar refractivity (Wildman–Crippen MR) is 105 cm³/mol. The van der Waals surface area contributed by atoms with Crippen LogP contribution in [0.25, 0.3) is 0 Å². The van der Waals surface area contributed by atoms with Crippen LogP contribution in [-0.4, -0.2) is 48.0 Å². The molecule has 10 nitrogen and oxygen atoms in total. The minimum absolute atomic E-state index is 0.00650. The highest BCUT2D eigenvalue weighted by Crippen LogP contribution is 2.27. The van der Waals surface area contributed by atoms with Crippen LogP contribution < -0.4 is 4.74 Å². The van der Waals surface area contributed by atoms with Gasteiger partial charge in [-0.1, -0.05) is 0 Å². The maximum Gasteiger partial charge on any atom is 0.338 e. The van der Waals surface area contributed by atoms with Gasteiger partial charge in [-0.3, -0.25) is 19.7 Å². The van der Waals surface area contributed by atoms with Crippen molar-refractivity contribution in [2.45, 2.75) is 26.8 Å². The van der Waals surface area contributed by atoms with E-state index in [0.717, 1.165) is 11.8 Å². The molecule has 1 aromatic heterocycles. The van der Waals surface area contributed by atoms with Crippen molar-refractivity contribution in [3.63, 3.8) is 0 Å². The summed E-state index contributed by atoms with van der Waals surface area (Å²) in [5.41, 5.74) is 1.33. The van der Waals surface area contributed by atoms with Gasteiger partial charge in [0.2, 0.25) is 5.78 Å². The summed E-state index contributed by atoms with van der Waals surface area (Å²) in [4.78, 5) is 46.5. The van der Waals surface area contributed by atoms with E-state index in [0.29, 0.717) is 17.8 Å². The van der Waals surface area contributed by atoms with Crippen LogP contribution in [0.4, 0.5) is 5.69 Å². The number of carbonyl (C=O) groups excluding carboxylic acids is 3. The Labute approximate surface area is 172 Å². The van der Waals surface area contributed by atoms with E-state index in [-0.39, 0.29) is 29.4 Å². The number of rotatable bonds is 9. The molecule has 0 unspecified atom stereocenters. The summed E-state index contributed by atoms with van der Waals surface area (Å²) in [6.45, 7) is 3.35. The SMILES string of the molecule is COC(=O)CCn1c(C)cc(C(=O)COC(=O)c2ccc(OC)c([N+](=O)[O-])c2)c1C. The van der Waals surface area contributed by atoms with E-state index in [2.05, 4.69) is 4.74 Å². The van der Waals surface area contributed by atoms with Crippen LogP contribution in [0.15, 0.2) is 24.3 Å². The molecule has 1 aromatic carbocycles. The molecule has 0 aliphatic rings. The molecule has 0 saturated carbocycles. The summed E-state index contributed by atoms with van der Waals surface area (Å²) in [5.74, 6) is -1.65. The quantitative estimate of drug-likeness (QED) is 0.263. The lowest BCUT2D eigenvalue weighted by Gasteiger charge is -2.09. The summed E-state index contributed by atoms with van der Waals surface area (Å²) < 4.78 is 16.4. The second-order valence-electron chi connectivity index (χ2n) is 6.41. The summed E-state index contributed by atoms with van der Waals surface area (Å²) in [5, 5.41) is 11.1. The fraction of sp³-hybridized carbons (Fsp3) is 0.350. The van der Waals surface area contributed by atoms with Crippen LogP contribution in [0.3, 0.4) is 0 Å². The highest BCUT2D eigenvalue weighted by Gasteiger charge is 2.21. The van der Waals surface area contributed by atoms with Gasteiger partial charge in [0.25, 0.3) is 0 Å². The number of hydrogen-bond donors (Lipinski definition) is 0.